The van der Waals surface area contributed by atoms with Gasteiger partial charge in [-0.05, 0) is 49.3 Å². The summed E-state index contributed by atoms with van der Waals surface area (Å²) in [6, 6.07) is 5.34. The van der Waals surface area contributed by atoms with Gasteiger partial charge in [-0.25, -0.2) is 0 Å². The summed E-state index contributed by atoms with van der Waals surface area (Å²) < 4.78 is 0. The Bertz CT molecular complexity index is 646. The molecule has 1 unspecified atom stereocenters. The Kier molecular flexibility index (Phi) is 6.47. The molecule has 0 spiro atoms. The highest BCUT2D eigenvalue weighted by molar-refractivity contribution is 5.99. The molecule has 5 nitrogen and oxygen atoms in total. The first-order valence-corrected chi connectivity index (χ1v) is 9.02. The predicted molar refractivity (Wildman–Crippen MR) is 103 cm³/mol. The van der Waals surface area contributed by atoms with Crippen LogP contribution in [0.3, 0.4) is 0 Å². The number of hydrogen-bond donors (Lipinski definition) is 2. The summed E-state index contributed by atoms with van der Waals surface area (Å²) in [5, 5.41) is 2.91. The molecule has 1 fully saturated rings. The lowest BCUT2D eigenvalue weighted by Gasteiger charge is -2.30. The topological polar surface area (TPSA) is 75.4 Å². The standard InChI is InChI=1S/C19H27N3O2.ClH/c1-3-12(2)17(20)18(23)21-15-9-8-13-5-4-10-22(16(13)11-15)19(24)14-6-7-14;/h8-9,11-12,14,17H,3-7,10,20H2,1-2H3,(H,21,23);1H/t12?,17-;/m0./s1. The van der Waals surface area contributed by atoms with Crippen molar-refractivity contribution in [2.24, 2.45) is 17.6 Å². The van der Waals surface area contributed by atoms with E-state index in [-0.39, 0.29) is 36.1 Å². The van der Waals surface area contributed by atoms with Gasteiger partial charge in [-0.3, -0.25) is 9.59 Å². The van der Waals surface area contributed by atoms with Crippen molar-refractivity contribution >= 4 is 35.6 Å². The van der Waals surface area contributed by atoms with Crippen molar-refractivity contribution in [3.63, 3.8) is 0 Å². The summed E-state index contributed by atoms with van der Waals surface area (Å²) in [6.45, 7) is 4.78. The van der Waals surface area contributed by atoms with Gasteiger partial charge in [0.1, 0.15) is 0 Å². The van der Waals surface area contributed by atoms with E-state index in [1.165, 1.54) is 5.56 Å². The molecule has 1 saturated carbocycles. The monoisotopic (exact) mass is 365 g/mol. The lowest BCUT2D eigenvalue weighted by Crippen LogP contribution is -2.40. The van der Waals surface area contributed by atoms with Gasteiger partial charge in [0.25, 0.3) is 0 Å². The number of carbonyl (C=O) groups excluding carboxylic acids is 2. The van der Waals surface area contributed by atoms with Gasteiger partial charge < -0.3 is 16.0 Å². The lowest BCUT2D eigenvalue weighted by molar-refractivity contribution is -0.120. The highest BCUT2D eigenvalue weighted by Crippen LogP contribution is 2.36. The molecule has 1 aromatic carbocycles. The molecule has 0 saturated heterocycles. The minimum Gasteiger partial charge on any atom is -0.325 e. The highest BCUT2D eigenvalue weighted by atomic mass is 35.5. The number of carbonyl (C=O) groups is 2. The van der Waals surface area contributed by atoms with E-state index < -0.39 is 6.04 Å². The number of benzene rings is 1. The Hall–Kier alpha value is -1.59. The molecule has 25 heavy (non-hydrogen) atoms. The van der Waals surface area contributed by atoms with Crippen LogP contribution < -0.4 is 16.0 Å². The van der Waals surface area contributed by atoms with Gasteiger partial charge in [0.05, 0.1) is 6.04 Å². The summed E-state index contributed by atoms with van der Waals surface area (Å²) >= 11 is 0. The molecule has 2 aliphatic rings. The summed E-state index contributed by atoms with van der Waals surface area (Å²) in [4.78, 5) is 26.7. The number of nitrogens with one attached hydrogen (secondary N) is 1. The third kappa shape index (κ3) is 4.33. The van der Waals surface area contributed by atoms with Gasteiger partial charge in [-0.15, -0.1) is 12.4 Å². The molecule has 0 bridgehead atoms. The molecule has 0 aromatic heterocycles. The van der Waals surface area contributed by atoms with Crippen LogP contribution in [0.4, 0.5) is 11.4 Å². The Morgan fingerprint density at radius 1 is 1.36 bits per heavy atom. The van der Waals surface area contributed by atoms with E-state index in [2.05, 4.69) is 5.32 Å². The summed E-state index contributed by atoms with van der Waals surface area (Å²) in [5.74, 6) is 0.402. The maximum atomic E-state index is 12.5. The highest BCUT2D eigenvalue weighted by Gasteiger charge is 2.35. The molecular formula is C19H28ClN3O2. The second kappa shape index (κ2) is 8.19. The predicted octanol–water partition coefficient (Wildman–Crippen LogP) is 3.11. The number of anilines is 2. The number of aryl methyl sites for hydroxylation is 1. The molecule has 3 N–H and O–H groups in total. The fourth-order valence-electron chi connectivity index (χ4n) is 3.17. The smallest absolute Gasteiger partial charge is 0.241 e. The van der Waals surface area contributed by atoms with Crippen molar-refractivity contribution in [1.82, 2.24) is 0 Å². The zero-order valence-corrected chi connectivity index (χ0v) is 15.8. The van der Waals surface area contributed by atoms with Crippen molar-refractivity contribution in [1.29, 1.82) is 0 Å². The Morgan fingerprint density at radius 2 is 2.08 bits per heavy atom. The van der Waals surface area contributed by atoms with E-state index in [0.29, 0.717) is 5.69 Å². The minimum atomic E-state index is -0.518. The zero-order valence-electron chi connectivity index (χ0n) is 15.0. The molecule has 2 atom stereocenters. The van der Waals surface area contributed by atoms with Crippen molar-refractivity contribution in [2.75, 3.05) is 16.8 Å². The van der Waals surface area contributed by atoms with Crippen LogP contribution in [-0.2, 0) is 16.0 Å². The van der Waals surface area contributed by atoms with Crippen LogP contribution in [0.1, 0.15) is 45.1 Å². The van der Waals surface area contributed by atoms with Gasteiger partial charge in [0.15, 0.2) is 0 Å². The van der Waals surface area contributed by atoms with Crippen LogP contribution in [0, 0.1) is 11.8 Å². The number of rotatable bonds is 5. The fraction of sp³-hybridized carbons (Fsp3) is 0.579. The molecule has 2 amide bonds. The average Bonchev–Trinajstić information content (AvgIpc) is 3.44. The molecule has 1 heterocycles. The molecule has 1 aromatic rings. The van der Waals surface area contributed by atoms with Crippen LogP contribution in [0.25, 0.3) is 0 Å². The maximum absolute atomic E-state index is 12.5. The fourth-order valence-corrected chi connectivity index (χ4v) is 3.17. The Labute approximate surface area is 155 Å². The van der Waals surface area contributed by atoms with E-state index in [4.69, 9.17) is 5.73 Å². The lowest BCUT2D eigenvalue weighted by atomic mass is 9.98. The van der Waals surface area contributed by atoms with Crippen LogP contribution in [0.5, 0.6) is 0 Å². The van der Waals surface area contributed by atoms with Gasteiger partial charge >= 0.3 is 0 Å². The van der Waals surface area contributed by atoms with E-state index in [1.807, 2.05) is 36.9 Å². The molecule has 0 radical (unpaired) electrons. The summed E-state index contributed by atoms with van der Waals surface area (Å²) in [5.41, 5.74) is 8.85. The molecule has 6 heteroatoms. The second-order valence-electron chi connectivity index (χ2n) is 7.11. The minimum absolute atomic E-state index is 0. The first kappa shape index (κ1) is 19.7. The first-order valence-electron chi connectivity index (χ1n) is 9.02. The number of nitrogens with zero attached hydrogens (tertiary/aromatic N) is 1. The average molecular weight is 366 g/mol. The van der Waals surface area contributed by atoms with Crippen LogP contribution in [-0.4, -0.2) is 24.4 Å². The van der Waals surface area contributed by atoms with Crippen LogP contribution in [0.15, 0.2) is 18.2 Å². The van der Waals surface area contributed by atoms with E-state index in [0.717, 1.165) is 44.3 Å². The van der Waals surface area contributed by atoms with Gasteiger partial charge in [0.2, 0.25) is 11.8 Å². The molecular weight excluding hydrogens is 338 g/mol. The van der Waals surface area contributed by atoms with Gasteiger partial charge in [0, 0.05) is 23.8 Å². The Morgan fingerprint density at radius 3 is 2.72 bits per heavy atom. The van der Waals surface area contributed by atoms with Gasteiger partial charge in [-0.1, -0.05) is 26.3 Å². The number of nitrogens with two attached hydrogens (primary N) is 1. The molecule has 138 valence electrons. The third-order valence-electron chi connectivity index (χ3n) is 5.22. The van der Waals surface area contributed by atoms with Crippen LogP contribution >= 0.6 is 12.4 Å². The number of hydrogen-bond acceptors (Lipinski definition) is 3. The van der Waals surface area contributed by atoms with E-state index in [9.17, 15) is 9.59 Å². The number of halogens is 1. The van der Waals surface area contributed by atoms with E-state index >= 15 is 0 Å². The normalized spacial score (nSPS) is 18.6. The first-order chi connectivity index (χ1) is 11.5. The van der Waals surface area contributed by atoms with Crippen molar-refractivity contribution in [3.8, 4) is 0 Å². The number of fused-ring (bicyclic) bond motifs is 1. The van der Waals surface area contributed by atoms with E-state index in [1.54, 1.807) is 0 Å². The summed E-state index contributed by atoms with van der Waals surface area (Å²) in [6.07, 6.45) is 4.85. The largest absolute Gasteiger partial charge is 0.325 e. The van der Waals surface area contributed by atoms with Crippen molar-refractivity contribution in [2.45, 2.75) is 52.0 Å². The van der Waals surface area contributed by atoms with Gasteiger partial charge in [-0.2, -0.15) is 0 Å². The SMILES string of the molecule is CCC(C)[C@H](N)C(=O)Nc1ccc2c(c1)N(C(=O)C1CC1)CCC2.Cl. The third-order valence-corrected chi connectivity index (χ3v) is 5.22. The van der Waals surface area contributed by atoms with Crippen molar-refractivity contribution < 1.29 is 9.59 Å². The number of amides is 2. The molecule has 1 aliphatic heterocycles. The summed E-state index contributed by atoms with van der Waals surface area (Å²) in [7, 11) is 0. The molecule has 1 aliphatic carbocycles. The Balaban J connectivity index is 0.00000225. The molecule has 3 rings (SSSR count). The second-order valence-corrected chi connectivity index (χ2v) is 7.11. The zero-order chi connectivity index (χ0) is 17.3. The quantitative estimate of drug-likeness (QED) is 0.841. The van der Waals surface area contributed by atoms with Crippen molar-refractivity contribution in [3.05, 3.63) is 23.8 Å². The van der Waals surface area contributed by atoms with Crippen LogP contribution in [0.2, 0.25) is 0 Å². The maximum Gasteiger partial charge on any atom is 0.241 e.